The molecule has 1 nitrogen and oxygen atoms in total. The summed E-state index contributed by atoms with van der Waals surface area (Å²) in [5.41, 5.74) is 0. The van der Waals surface area contributed by atoms with Crippen LogP contribution < -0.4 is 0 Å². The molecule has 0 rings (SSSR count). The second-order valence-corrected chi connectivity index (χ2v) is 2.56. The first-order valence-corrected chi connectivity index (χ1v) is 3.90. The minimum absolute atomic E-state index is 0.793. The van der Waals surface area contributed by atoms with Gasteiger partial charge in [0.05, 0.1) is 0 Å². The van der Waals surface area contributed by atoms with Gasteiger partial charge in [-0.25, -0.2) is 0 Å². The largest absolute Gasteiger partial charge is 0.255 e. The van der Waals surface area contributed by atoms with Crippen LogP contribution in [0.1, 0.15) is 0 Å². The van der Waals surface area contributed by atoms with Crippen molar-refractivity contribution < 1.29 is 4.21 Å². The van der Waals surface area contributed by atoms with Crippen molar-refractivity contribution in [1.82, 2.24) is 0 Å². The molecule has 0 aliphatic rings. The second-order valence-electron chi connectivity index (χ2n) is 0.761. The monoisotopic (exact) mass is 168 g/mol. The van der Waals surface area contributed by atoms with Gasteiger partial charge in [0.25, 0.3) is 0 Å². The van der Waals surface area contributed by atoms with Gasteiger partial charge in [-0.15, -0.1) is 0 Å². The molecule has 0 N–H and O–H groups in total. The summed E-state index contributed by atoms with van der Waals surface area (Å²) in [4.78, 5) is 1.59. The first kappa shape index (κ1) is 6.37. The van der Waals surface area contributed by atoms with Crippen LogP contribution in [0.2, 0.25) is 0 Å². The Hall–Kier alpha value is 0.370. The third-order valence-corrected chi connectivity index (χ3v) is 1.38. The van der Waals surface area contributed by atoms with Gasteiger partial charge in [-0.1, -0.05) is 15.9 Å². The van der Waals surface area contributed by atoms with Crippen molar-refractivity contribution in [2.24, 2.45) is 0 Å². The van der Waals surface area contributed by atoms with E-state index in [4.69, 9.17) is 0 Å². The van der Waals surface area contributed by atoms with Gasteiger partial charge in [0.2, 0.25) is 0 Å². The third kappa shape index (κ3) is 4.37. The van der Waals surface area contributed by atoms with Gasteiger partial charge in [0, 0.05) is 22.5 Å². The minimum atomic E-state index is -0.793. The summed E-state index contributed by atoms with van der Waals surface area (Å²) in [7, 11) is -0.793. The molecule has 0 bridgehead atoms. The Morgan fingerprint density at radius 3 is 2.33 bits per heavy atom. The Labute approximate surface area is 48.0 Å². The molecule has 0 aliphatic heterocycles. The summed E-state index contributed by atoms with van der Waals surface area (Å²) in [6.45, 7) is 0. The highest BCUT2D eigenvalue weighted by atomic mass is 79.9. The minimum Gasteiger partial charge on any atom is -0.255 e. The highest BCUT2D eigenvalue weighted by Gasteiger charge is 1.70. The maximum Gasteiger partial charge on any atom is 0.0429 e. The van der Waals surface area contributed by atoms with E-state index < -0.39 is 10.8 Å². The highest BCUT2D eigenvalue weighted by Crippen LogP contribution is 1.83. The number of halogens is 1. The Bertz CT molecular complexity index is 78.9. The zero-order valence-corrected chi connectivity index (χ0v) is 5.75. The van der Waals surface area contributed by atoms with Crippen LogP contribution in [0, 0.1) is 0 Å². The Balaban J connectivity index is 3.30. The number of hydrogen-bond acceptors (Lipinski definition) is 1. The van der Waals surface area contributed by atoms with Crippen molar-refractivity contribution in [3.63, 3.8) is 0 Å². The summed E-state index contributed by atoms with van der Waals surface area (Å²) in [5.74, 6) is 0. The lowest BCUT2D eigenvalue weighted by Gasteiger charge is -1.69. The average Bonchev–Trinajstić information content (AvgIpc) is 1.35. The zero-order chi connectivity index (χ0) is 4.99. The predicted molar refractivity (Wildman–Crippen MR) is 32.1 cm³/mol. The van der Waals surface area contributed by atoms with Crippen LogP contribution in [0.25, 0.3) is 0 Å². The van der Waals surface area contributed by atoms with Gasteiger partial charge >= 0.3 is 0 Å². The van der Waals surface area contributed by atoms with Crippen LogP contribution in [-0.2, 0) is 10.8 Å². The molecule has 36 valence electrons. The lowest BCUT2D eigenvalue weighted by Crippen LogP contribution is -1.70. The number of hydrogen-bond donors (Lipinski definition) is 0. The van der Waals surface area contributed by atoms with Crippen molar-refractivity contribution in [3.05, 3.63) is 10.4 Å². The summed E-state index contributed by atoms with van der Waals surface area (Å²) in [6.07, 6.45) is 1.61. The molecule has 0 radical (unpaired) electrons. The Kier molecular flexibility index (Phi) is 3.78. The van der Waals surface area contributed by atoms with Crippen molar-refractivity contribution >= 4 is 26.7 Å². The summed E-state index contributed by atoms with van der Waals surface area (Å²) in [5, 5.41) is 1.56. The molecule has 0 aromatic heterocycles. The van der Waals surface area contributed by atoms with E-state index in [2.05, 4.69) is 15.9 Å². The number of rotatable bonds is 1. The molecule has 0 amide bonds. The molecule has 0 aromatic carbocycles. The van der Waals surface area contributed by atoms with Crippen molar-refractivity contribution in [3.8, 4) is 0 Å². The Morgan fingerprint density at radius 2 is 2.33 bits per heavy atom. The van der Waals surface area contributed by atoms with E-state index in [1.54, 1.807) is 16.6 Å². The van der Waals surface area contributed by atoms with Crippen LogP contribution in [0.4, 0.5) is 0 Å². The van der Waals surface area contributed by atoms with E-state index in [-0.39, 0.29) is 0 Å². The molecule has 0 spiro atoms. The van der Waals surface area contributed by atoms with E-state index in [9.17, 15) is 4.21 Å². The third-order valence-electron chi connectivity index (χ3n) is 0.243. The first-order chi connectivity index (χ1) is 2.77. The molecule has 3 heteroatoms. The first-order valence-electron chi connectivity index (χ1n) is 1.36. The van der Waals surface area contributed by atoms with E-state index >= 15 is 0 Å². The van der Waals surface area contributed by atoms with Crippen molar-refractivity contribution in [1.29, 1.82) is 0 Å². The normalized spacial score (nSPS) is 15.7. The van der Waals surface area contributed by atoms with Crippen LogP contribution in [0.3, 0.4) is 0 Å². The topological polar surface area (TPSA) is 17.1 Å². The molecule has 0 saturated carbocycles. The zero-order valence-electron chi connectivity index (χ0n) is 3.35. The lowest BCUT2D eigenvalue weighted by molar-refractivity contribution is 0.692. The second kappa shape index (κ2) is 3.56. The van der Waals surface area contributed by atoms with Crippen LogP contribution in [0.5, 0.6) is 0 Å². The van der Waals surface area contributed by atoms with Gasteiger partial charge in [0.1, 0.15) is 0 Å². The maximum absolute atomic E-state index is 10.0. The van der Waals surface area contributed by atoms with Crippen LogP contribution >= 0.6 is 15.9 Å². The van der Waals surface area contributed by atoms with E-state index in [0.717, 1.165) is 0 Å². The summed E-state index contributed by atoms with van der Waals surface area (Å²) >= 11 is 2.98. The smallest absolute Gasteiger partial charge is 0.0429 e. The molecular weight excluding hydrogens is 164 g/mol. The molecule has 0 aliphatic carbocycles. The fourth-order valence-corrected chi connectivity index (χ4v) is 1.13. The lowest BCUT2D eigenvalue weighted by atomic mass is 11.3. The van der Waals surface area contributed by atoms with Gasteiger partial charge in [-0.2, -0.15) is 0 Å². The van der Waals surface area contributed by atoms with E-state index in [1.165, 1.54) is 0 Å². The highest BCUT2D eigenvalue weighted by molar-refractivity contribution is 9.11. The molecule has 0 heterocycles. The Morgan fingerprint density at radius 1 is 1.83 bits per heavy atom. The van der Waals surface area contributed by atoms with E-state index in [0.29, 0.717) is 0 Å². The summed E-state index contributed by atoms with van der Waals surface area (Å²) < 4.78 is 10.0. The molecule has 1 unspecified atom stereocenters. The van der Waals surface area contributed by atoms with Crippen molar-refractivity contribution in [2.75, 3.05) is 6.26 Å². The molecule has 0 saturated heterocycles. The average molecular weight is 169 g/mol. The standard InChI is InChI=1S/C3H5BrOS/c1-6(5)3-2-4/h2-3H,1H3/b3-2-. The van der Waals surface area contributed by atoms with Gasteiger partial charge in [-0.3, -0.25) is 4.21 Å². The quantitative estimate of drug-likeness (QED) is 0.576. The molecule has 0 aromatic rings. The predicted octanol–water partition coefficient (Wildman–Crippen LogP) is 1.23. The molecule has 1 atom stereocenters. The van der Waals surface area contributed by atoms with E-state index in [1.807, 2.05) is 0 Å². The van der Waals surface area contributed by atoms with Crippen molar-refractivity contribution in [2.45, 2.75) is 0 Å². The van der Waals surface area contributed by atoms with Gasteiger partial charge < -0.3 is 0 Å². The maximum atomic E-state index is 10.0. The summed E-state index contributed by atoms with van der Waals surface area (Å²) in [6, 6.07) is 0. The molecule has 6 heavy (non-hydrogen) atoms. The van der Waals surface area contributed by atoms with Gasteiger partial charge in [-0.05, 0) is 4.99 Å². The van der Waals surface area contributed by atoms with Crippen LogP contribution in [-0.4, -0.2) is 10.5 Å². The molecular formula is C3H5BrOS. The fourth-order valence-electron chi connectivity index (χ4n) is 0.0724. The van der Waals surface area contributed by atoms with Gasteiger partial charge in [0.15, 0.2) is 0 Å². The SMILES string of the molecule is CS(=O)/C=C\Br. The molecule has 0 fully saturated rings. The fraction of sp³-hybridized carbons (Fsp3) is 0.333. The van der Waals surface area contributed by atoms with Crippen LogP contribution in [0.15, 0.2) is 10.4 Å².